The molecule has 0 aliphatic heterocycles. The molecule has 6 N–H and O–H groups in total. The molecule has 5 nitrogen and oxygen atoms in total. The molecule has 0 aliphatic rings. The van der Waals surface area contributed by atoms with Crippen molar-refractivity contribution >= 4 is 42.0 Å². The van der Waals surface area contributed by atoms with Crippen LogP contribution in [0.5, 0.6) is 0 Å². The van der Waals surface area contributed by atoms with E-state index < -0.39 is 0 Å². The standard InChI is InChI=1S/C20H27P.C5H5ClN2.C5H7N3/c1-19(2,3)21(20(4,5)6)18-15-11-10-14-17(18)16-12-8-7-9-13-16;6-5-3-4(7)1-2-8-5;6-4-1-2-8-5(7)3-4/h7-15H,1-6H3;1-3H,(H2,7,8);1-3H,(H4,6,7,8). The van der Waals surface area contributed by atoms with Crippen molar-refractivity contribution in [1.82, 2.24) is 9.97 Å². The first-order valence-electron chi connectivity index (χ1n) is 12.1. The quantitative estimate of drug-likeness (QED) is 0.181. The lowest BCUT2D eigenvalue weighted by Crippen LogP contribution is -2.31. The summed E-state index contributed by atoms with van der Waals surface area (Å²) in [7, 11) is -0.282. The molecule has 0 saturated heterocycles. The van der Waals surface area contributed by atoms with E-state index in [0.29, 0.717) is 32.7 Å². The summed E-state index contributed by atoms with van der Waals surface area (Å²) in [6.45, 7) is 14.3. The van der Waals surface area contributed by atoms with Crippen LogP contribution in [0.4, 0.5) is 17.2 Å². The Hall–Kier alpha value is -3.14. The van der Waals surface area contributed by atoms with Crippen LogP contribution < -0.4 is 22.5 Å². The van der Waals surface area contributed by atoms with Gasteiger partial charge in [-0.25, -0.2) is 9.97 Å². The molecule has 0 amide bonds. The Kier molecular flexibility index (Phi) is 10.9. The third-order valence-corrected chi connectivity index (χ3v) is 8.89. The molecule has 0 unspecified atom stereocenters. The number of benzene rings is 2. The Balaban J connectivity index is 0.000000244. The van der Waals surface area contributed by atoms with E-state index in [1.54, 1.807) is 36.7 Å². The van der Waals surface area contributed by atoms with Gasteiger partial charge in [-0.05, 0) is 44.9 Å². The summed E-state index contributed by atoms with van der Waals surface area (Å²) >= 11 is 5.45. The minimum Gasteiger partial charge on any atom is -0.399 e. The van der Waals surface area contributed by atoms with E-state index in [2.05, 4.69) is 106 Å². The van der Waals surface area contributed by atoms with Gasteiger partial charge in [0.1, 0.15) is 11.0 Å². The number of aromatic nitrogens is 2. The molecule has 0 saturated carbocycles. The highest BCUT2D eigenvalue weighted by Crippen LogP contribution is 2.59. The molecule has 0 bridgehead atoms. The van der Waals surface area contributed by atoms with E-state index in [9.17, 15) is 0 Å². The largest absolute Gasteiger partial charge is 0.399 e. The molecule has 0 spiro atoms. The fraction of sp³-hybridized carbons (Fsp3) is 0.267. The Labute approximate surface area is 228 Å². The number of nitrogens with two attached hydrogens (primary N) is 3. The third-order valence-electron chi connectivity index (χ3n) is 5.13. The van der Waals surface area contributed by atoms with Gasteiger partial charge < -0.3 is 17.2 Å². The number of rotatable bonds is 2. The van der Waals surface area contributed by atoms with Gasteiger partial charge in [-0.1, -0.05) is 116 Å². The van der Waals surface area contributed by atoms with Crippen molar-refractivity contribution in [3.05, 3.63) is 96.4 Å². The Morgan fingerprint density at radius 3 is 1.59 bits per heavy atom. The van der Waals surface area contributed by atoms with E-state index in [4.69, 9.17) is 28.8 Å². The normalized spacial score (nSPS) is 11.1. The van der Waals surface area contributed by atoms with Crippen LogP contribution in [0.15, 0.2) is 91.3 Å². The molecule has 2 heterocycles. The summed E-state index contributed by atoms with van der Waals surface area (Å²) in [5, 5.41) is 2.54. The molecule has 2 aromatic heterocycles. The third kappa shape index (κ3) is 10.0. The maximum absolute atomic E-state index is 5.45. The Morgan fingerprint density at radius 2 is 1.16 bits per heavy atom. The van der Waals surface area contributed by atoms with Crippen molar-refractivity contribution < 1.29 is 0 Å². The highest BCUT2D eigenvalue weighted by Gasteiger charge is 2.36. The highest BCUT2D eigenvalue weighted by atomic mass is 35.5. The molecular formula is C30H39ClN5P. The van der Waals surface area contributed by atoms with Crippen molar-refractivity contribution in [2.75, 3.05) is 17.2 Å². The van der Waals surface area contributed by atoms with Gasteiger partial charge in [0.15, 0.2) is 0 Å². The van der Waals surface area contributed by atoms with Crippen LogP contribution in [0.25, 0.3) is 11.1 Å². The van der Waals surface area contributed by atoms with Gasteiger partial charge >= 0.3 is 0 Å². The lowest BCUT2D eigenvalue weighted by atomic mass is 10.1. The summed E-state index contributed by atoms with van der Waals surface area (Å²) in [5.74, 6) is 0.463. The van der Waals surface area contributed by atoms with Crippen molar-refractivity contribution in [1.29, 1.82) is 0 Å². The zero-order valence-corrected chi connectivity index (χ0v) is 24.3. The molecule has 37 heavy (non-hydrogen) atoms. The summed E-state index contributed by atoms with van der Waals surface area (Å²) in [5.41, 5.74) is 20.0. The number of pyridine rings is 2. The summed E-state index contributed by atoms with van der Waals surface area (Å²) in [6.07, 6.45) is 3.14. The fourth-order valence-corrected chi connectivity index (χ4v) is 8.46. The van der Waals surface area contributed by atoms with Crippen molar-refractivity contribution in [2.45, 2.75) is 51.9 Å². The number of anilines is 3. The number of nitrogen functional groups attached to an aromatic ring is 3. The average Bonchev–Trinajstić information content (AvgIpc) is 2.79. The molecule has 7 heteroatoms. The maximum Gasteiger partial charge on any atom is 0.131 e. The number of halogens is 1. The summed E-state index contributed by atoms with van der Waals surface area (Å²) < 4.78 is 0. The van der Waals surface area contributed by atoms with E-state index in [-0.39, 0.29) is 7.92 Å². The molecule has 4 rings (SSSR count). The number of hydrogen-bond acceptors (Lipinski definition) is 5. The second-order valence-corrected chi connectivity index (χ2v) is 14.7. The molecule has 0 radical (unpaired) electrons. The van der Waals surface area contributed by atoms with E-state index in [0.717, 1.165) is 0 Å². The lowest BCUT2D eigenvalue weighted by molar-refractivity contribution is 0.715. The first kappa shape index (κ1) is 30.1. The van der Waals surface area contributed by atoms with Crippen molar-refractivity contribution in [2.24, 2.45) is 0 Å². The number of hydrogen-bond donors (Lipinski definition) is 3. The zero-order chi connectivity index (χ0) is 27.6. The molecule has 4 aromatic rings. The van der Waals surface area contributed by atoms with Gasteiger partial charge in [0.25, 0.3) is 0 Å². The van der Waals surface area contributed by atoms with Gasteiger partial charge in [0.05, 0.1) is 0 Å². The van der Waals surface area contributed by atoms with Crippen LogP contribution in [-0.4, -0.2) is 20.3 Å². The summed E-state index contributed by atoms with van der Waals surface area (Å²) in [6, 6.07) is 26.3. The summed E-state index contributed by atoms with van der Waals surface area (Å²) in [4.78, 5) is 7.46. The first-order valence-corrected chi connectivity index (χ1v) is 13.8. The lowest BCUT2D eigenvalue weighted by Gasteiger charge is -2.42. The SMILES string of the molecule is CC(C)(C)P(c1ccccc1-c1ccccc1)C(C)(C)C.Nc1ccnc(Cl)c1.Nc1ccnc(N)c1. The first-order chi connectivity index (χ1) is 17.3. The monoisotopic (exact) mass is 535 g/mol. The molecule has 196 valence electrons. The predicted molar refractivity (Wildman–Crippen MR) is 165 cm³/mol. The van der Waals surface area contributed by atoms with Crippen LogP contribution >= 0.6 is 19.5 Å². The number of nitrogens with zero attached hydrogens (tertiary/aromatic N) is 2. The van der Waals surface area contributed by atoms with Crippen LogP contribution in [0, 0.1) is 0 Å². The van der Waals surface area contributed by atoms with Gasteiger partial charge in [0.2, 0.25) is 0 Å². The average molecular weight is 536 g/mol. The predicted octanol–water partition coefficient (Wildman–Crippen LogP) is 7.62. The second kappa shape index (κ2) is 13.4. The maximum atomic E-state index is 5.45. The minimum atomic E-state index is -0.282. The zero-order valence-electron chi connectivity index (χ0n) is 22.6. The smallest absolute Gasteiger partial charge is 0.131 e. The van der Waals surface area contributed by atoms with Crippen LogP contribution in [0.1, 0.15) is 41.5 Å². The highest BCUT2D eigenvalue weighted by molar-refractivity contribution is 7.68. The topological polar surface area (TPSA) is 104 Å². The molecule has 0 atom stereocenters. The van der Waals surface area contributed by atoms with Crippen LogP contribution in [0.2, 0.25) is 5.15 Å². The molecule has 2 aromatic carbocycles. The van der Waals surface area contributed by atoms with Gasteiger partial charge in [-0.3, -0.25) is 0 Å². The fourth-order valence-electron chi connectivity index (χ4n) is 4.14. The van der Waals surface area contributed by atoms with Crippen molar-refractivity contribution in [3.63, 3.8) is 0 Å². The van der Waals surface area contributed by atoms with Gasteiger partial charge in [-0.2, -0.15) is 0 Å². The minimum absolute atomic E-state index is 0.282. The Morgan fingerprint density at radius 1 is 0.649 bits per heavy atom. The molecule has 0 aliphatic carbocycles. The van der Waals surface area contributed by atoms with Crippen molar-refractivity contribution in [3.8, 4) is 11.1 Å². The van der Waals surface area contributed by atoms with Gasteiger partial charge in [0, 0.05) is 29.8 Å². The van der Waals surface area contributed by atoms with E-state index >= 15 is 0 Å². The molecule has 0 fully saturated rings. The second-order valence-electron chi connectivity index (χ2n) is 10.5. The molecular weight excluding hydrogens is 497 g/mol. The van der Waals surface area contributed by atoms with Crippen LogP contribution in [0.3, 0.4) is 0 Å². The van der Waals surface area contributed by atoms with E-state index in [1.165, 1.54) is 16.4 Å². The van der Waals surface area contributed by atoms with Crippen LogP contribution in [-0.2, 0) is 0 Å². The van der Waals surface area contributed by atoms with Gasteiger partial charge in [-0.15, -0.1) is 0 Å². The van der Waals surface area contributed by atoms with E-state index in [1.807, 2.05) is 0 Å². The Bertz CT molecular complexity index is 1160.